The van der Waals surface area contributed by atoms with E-state index < -0.39 is 25.1 Å². The number of aliphatic hydroxyl groups excluding tert-OH is 1. The number of aromatic nitrogens is 2. The fraction of sp³-hybridized carbons (Fsp3) is 0.519. The van der Waals surface area contributed by atoms with Crippen molar-refractivity contribution < 1.29 is 27.8 Å². The van der Waals surface area contributed by atoms with E-state index in [2.05, 4.69) is 15.1 Å². The Labute approximate surface area is 214 Å². The molecule has 0 aliphatic carbocycles. The summed E-state index contributed by atoms with van der Waals surface area (Å²) in [6, 6.07) is 8.67. The van der Waals surface area contributed by atoms with E-state index in [1.54, 1.807) is 24.3 Å². The maximum atomic E-state index is 14.5. The van der Waals surface area contributed by atoms with Crippen molar-refractivity contribution in [3.05, 3.63) is 53.2 Å². The molecular weight excluding hydrogens is 485 g/mol. The summed E-state index contributed by atoms with van der Waals surface area (Å²) in [7, 11) is 1.56. The van der Waals surface area contributed by atoms with Crippen molar-refractivity contribution in [1.29, 1.82) is 0 Å². The summed E-state index contributed by atoms with van der Waals surface area (Å²) in [4.78, 5) is 3.89. The molecule has 0 saturated carbocycles. The number of ether oxygens (including phenoxy) is 2. The first-order valence-electron chi connectivity index (χ1n) is 12.7. The van der Waals surface area contributed by atoms with E-state index >= 15 is 0 Å². The fourth-order valence-electron chi connectivity index (χ4n) is 5.58. The number of aliphatic hydroxyl groups is 1. The molecule has 1 aromatic heterocycles. The van der Waals surface area contributed by atoms with Gasteiger partial charge in [-0.1, -0.05) is 6.07 Å². The summed E-state index contributed by atoms with van der Waals surface area (Å²) in [5, 5.41) is 17.5. The van der Waals surface area contributed by atoms with Crippen LogP contribution in [0.5, 0.6) is 11.5 Å². The Hall–Kier alpha value is -2.82. The number of nitrogens with one attached hydrogen (secondary N) is 1. The van der Waals surface area contributed by atoms with Gasteiger partial charge in [-0.3, -0.25) is 19.3 Å². The lowest BCUT2D eigenvalue weighted by Gasteiger charge is -2.44. The lowest BCUT2D eigenvalue weighted by atomic mass is 9.83. The monoisotopic (exact) mass is 518 g/mol. The minimum Gasteiger partial charge on any atom is -0.496 e. The molecule has 0 amide bonds. The number of benzene rings is 2. The molecule has 3 aromatic rings. The second-order valence-corrected chi connectivity index (χ2v) is 10.1. The fourth-order valence-corrected chi connectivity index (χ4v) is 5.58. The molecule has 0 unspecified atom stereocenters. The quantitative estimate of drug-likeness (QED) is 0.424. The normalized spacial score (nSPS) is 21.1. The number of halogens is 3. The highest BCUT2D eigenvalue weighted by Gasteiger charge is 2.41. The molecule has 0 bridgehead atoms. The second kappa shape index (κ2) is 10.5. The predicted octanol–water partition coefficient (Wildman–Crippen LogP) is 3.96. The van der Waals surface area contributed by atoms with Crippen LogP contribution in [0.15, 0.2) is 36.5 Å². The predicted molar refractivity (Wildman–Crippen MR) is 134 cm³/mol. The molecule has 7 nitrogen and oxygen atoms in total. The first kappa shape index (κ1) is 25.8. The molecule has 0 radical (unpaired) electrons. The van der Waals surface area contributed by atoms with Crippen LogP contribution in [0.3, 0.4) is 0 Å². The number of methoxy groups -OCH3 is 1. The van der Waals surface area contributed by atoms with Gasteiger partial charge in [-0.25, -0.2) is 8.78 Å². The Morgan fingerprint density at radius 3 is 2.70 bits per heavy atom. The first-order valence-corrected chi connectivity index (χ1v) is 12.7. The first-order chi connectivity index (χ1) is 17.8. The van der Waals surface area contributed by atoms with E-state index in [4.69, 9.17) is 9.47 Å². The molecule has 1 saturated heterocycles. The summed E-state index contributed by atoms with van der Waals surface area (Å²) in [6.07, 6.45) is 2.89. The minimum atomic E-state index is -3.25. The van der Waals surface area contributed by atoms with Crippen LogP contribution in [0, 0.1) is 0 Å². The van der Waals surface area contributed by atoms with Gasteiger partial charge in [0, 0.05) is 42.7 Å². The van der Waals surface area contributed by atoms with E-state index in [0.29, 0.717) is 24.3 Å². The highest BCUT2D eigenvalue weighted by molar-refractivity contribution is 5.83. The zero-order chi connectivity index (χ0) is 26.2. The van der Waals surface area contributed by atoms with Crippen LogP contribution in [0.1, 0.15) is 36.1 Å². The highest BCUT2D eigenvalue weighted by Crippen LogP contribution is 2.45. The van der Waals surface area contributed by atoms with Crippen LogP contribution in [0.25, 0.3) is 10.9 Å². The van der Waals surface area contributed by atoms with Gasteiger partial charge in [0.05, 0.1) is 38.1 Å². The van der Waals surface area contributed by atoms with Gasteiger partial charge >= 0.3 is 0 Å². The molecule has 2 aliphatic rings. The maximum Gasteiger partial charge on any atom is 0.283 e. The third-order valence-electron chi connectivity index (χ3n) is 7.44. The van der Waals surface area contributed by atoms with Gasteiger partial charge in [0.2, 0.25) is 0 Å². The van der Waals surface area contributed by atoms with E-state index in [1.807, 2.05) is 31.2 Å². The van der Waals surface area contributed by atoms with Crippen LogP contribution in [0.4, 0.5) is 13.2 Å². The van der Waals surface area contributed by atoms with Gasteiger partial charge in [0.25, 0.3) is 5.92 Å². The summed E-state index contributed by atoms with van der Waals surface area (Å²) < 4.78 is 53.4. The lowest BCUT2D eigenvalue weighted by Crippen LogP contribution is -2.53. The number of alkyl halides is 3. The van der Waals surface area contributed by atoms with Crippen molar-refractivity contribution in [3.63, 3.8) is 0 Å². The molecule has 5 rings (SSSR count). The van der Waals surface area contributed by atoms with Crippen molar-refractivity contribution in [3.8, 4) is 11.5 Å². The van der Waals surface area contributed by atoms with Crippen LogP contribution in [0.2, 0.25) is 0 Å². The van der Waals surface area contributed by atoms with Crippen molar-refractivity contribution in [2.75, 3.05) is 46.6 Å². The van der Waals surface area contributed by atoms with Gasteiger partial charge in [0.15, 0.2) is 0 Å². The van der Waals surface area contributed by atoms with E-state index in [0.717, 1.165) is 47.2 Å². The minimum absolute atomic E-state index is 0.0136. The summed E-state index contributed by atoms with van der Waals surface area (Å²) in [6.45, 7) is 2.00. The molecule has 2 aliphatic heterocycles. The number of fused-ring (bicyclic) bond motifs is 3. The molecule has 0 spiro atoms. The van der Waals surface area contributed by atoms with Crippen LogP contribution in [-0.4, -0.2) is 89.7 Å². The van der Waals surface area contributed by atoms with E-state index in [-0.39, 0.29) is 18.8 Å². The largest absolute Gasteiger partial charge is 0.496 e. The smallest absolute Gasteiger partial charge is 0.283 e. The molecular formula is C27H33F3N4O3. The number of H-pyrrole nitrogens is 1. The third kappa shape index (κ3) is 5.15. The van der Waals surface area contributed by atoms with Crippen molar-refractivity contribution >= 4 is 10.9 Å². The van der Waals surface area contributed by atoms with Crippen molar-refractivity contribution in [1.82, 2.24) is 20.0 Å². The third-order valence-corrected chi connectivity index (χ3v) is 7.44. The van der Waals surface area contributed by atoms with Crippen LogP contribution in [-0.2, 0) is 6.42 Å². The average molecular weight is 519 g/mol. The molecule has 2 N–H and O–H groups in total. The van der Waals surface area contributed by atoms with Gasteiger partial charge in [-0.05, 0) is 49.1 Å². The second-order valence-electron chi connectivity index (χ2n) is 10.1. The standard InChI is InChI=1S/C27H33F3N4O3/c1-17-10-22-20(6-7-24-23(22)12-31-32-24)26(34(17)15-27(29,30)16-35)21-5-4-18(11-25(21)36-2)37-19-13-33(14-19)9-3-8-28/h4-7,11-12,17,19,26,35H,3,8-10,13-16H2,1-2H3,(H,31,32)/t17-,26+/m1/s1. The molecule has 3 heterocycles. The van der Waals surface area contributed by atoms with Crippen LogP contribution < -0.4 is 9.47 Å². The molecule has 37 heavy (non-hydrogen) atoms. The zero-order valence-corrected chi connectivity index (χ0v) is 21.1. The zero-order valence-electron chi connectivity index (χ0n) is 21.1. The Balaban J connectivity index is 1.48. The molecule has 10 heteroatoms. The Morgan fingerprint density at radius 1 is 1.19 bits per heavy atom. The summed E-state index contributed by atoms with van der Waals surface area (Å²) >= 11 is 0. The van der Waals surface area contributed by atoms with Crippen LogP contribution >= 0.6 is 0 Å². The average Bonchev–Trinajstić information content (AvgIpc) is 3.35. The topological polar surface area (TPSA) is 73.9 Å². The Kier molecular flexibility index (Phi) is 7.33. The van der Waals surface area contributed by atoms with E-state index in [9.17, 15) is 18.3 Å². The lowest BCUT2D eigenvalue weighted by molar-refractivity contribution is -0.0863. The van der Waals surface area contributed by atoms with E-state index in [1.165, 1.54) is 0 Å². The van der Waals surface area contributed by atoms with Gasteiger partial charge in [-0.2, -0.15) is 5.10 Å². The maximum absolute atomic E-state index is 14.5. The van der Waals surface area contributed by atoms with Gasteiger partial charge in [0.1, 0.15) is 24.2 Å². The Bertz CT molecular complexity index is 1230. The van der Waals surface area contributed by atoms with Gasteiger partial charge < -0.3 is 14.6 Å². The number of nitrogens with zero attached hydrogens (tertiary/aromatic N) is 3. The molecule has 2 aromatic carbocycles. The number of hydrogen-bond donors (Lipinski definition) is 2. The molecule has 1 fully saturated rings. The summed E-state index contributed by atoms with van der Waals surface area (Å²) in [5.74, 6) is -2.07. The Morgan fingerprint density at radius 2 is 1.97 bits per heavy atom. The number of aromatic amines is 1. The number of likely N-dealkylation sites (tertiary alicyclic amines) is 1. The van der Waals surface area contributed by atoms with Gasteiger partial charge in [-0.15, -0.1) is 0 Å². The van der Waals surface area contributed by atoms with Crippen molar-refractivity contribution in [2.24, 2.45) is 0 Å². The highest BCUT2D eigenvalue weighted by atomic mass is 19.3. The number of rotatable bonds is 10. The SMILES string of the molecule is COc1cc(OC2CN(CCCF)C2)ccc1[C@@H]1c2ccc3[nH]ncc3c2C[C@@H](C)N1CC(F)(F)CO. The molecule has 2 atom stereocenters. The number of hydrogen-bond acceptors (Lipinski definition) is 6. The van der Waals surface area contributed by atoms with Crippen molar-refractivity contribution in [2.45, 2.75) is 43.9 Å². The molecule has 200 valence electrons. The summed E-state index contributed by atoms with van der Waals surface area (Å²) in [5.41, 5.74) is 3.63.